The Morgan fingerprint density at radius 1 is 0.724 bits per heavy atom. The Morgan fingerprint density at radius 2 is 1.45 bits per heavy atom. The van der Waals surface area contributed by atoms with E-state index in [2.05, 4.69) is 12.1 Å². The average molecular weight is 395 g/mol. The molecule has 0 amide bonds. The van der Waals surface area contributed by atoms with Crippen LogP contribution in [0.4, 0.5) is 0 Å². The lowest BCUT2D eigenvalue weighted by Crippen LogP contribution is -2.21. The fourth-order valence-electron chi connectivity index (χ4n) is 3.34. The number of thioether (sulfide) groups is 1. The van der Waals surface area contributed by atoms with Crippen molar-refractivity contribution in [2.75, 3.05) is 0 Å². The van der Waals surface area contributed by atoms with Gasteiger partial charge in [0.15, 0.2) is 5.16 Å². The van der Waals surface area contributed by atoms with E-state index in [0.717, 1.165) is 22.3 Å². The standard InChI is InChI=1S/C24H17N3OS/c28-23-20-11-5-7-13-22(20)26-24(27(23)19-9-2-1-3-10-19)29-16-18-15-14-17-8-4-6-12-21(17)25-18/h1-15H,16H2. The van der Waals surface area contributed by atoms with E-state index in [0.29, 0.717) is 21.8 Å². The molecule has 140 valence electrons. The van der Waals surface area contributed by atoms with Gasteiger partial charge in [0.05, 0.1) is 27.8 Å². The molecule has 0 radical (unpaired) electrons. The Bertz CT molecular complexity index is 1380. The molecule has 0 unspecified atom stereocenters. The van der Waals surface area contributed by atoms with Crippen LogP contribution in [0.3, 0.4) is 0 Å². The van der Waals surface area contributed by atoms with Crippen molar-refractivity contribution in [3.8, 4) is 5.69 Å². The smallest absolute Gasteiger partial charge is 0.266 e. The van der Waals surface area contributed by atoms with Crippen LogP contribution in [-0.2, 0) is 5.75 Å². The van der Waals surface area contributed by atoms with Gasteiger partial charge in [-0.25, -0.2) is 4.98 Å². The van der Waals surface area contributed by atoms with Crippen LogP contribution in [0, 0.1) is 0 Å². The van der Waals surface area contributed by atoms with Gasteiger partial charge in [0.1, 0.15) is 0 Å². The molecule has 0 aliphatic rings. The summed E-state index contributed by atoms with van der Waals surface area (Å²) in [5, 5.41) is 2.39. The first-order chi connectivity index (χ1) is 14.3. The fourth-order valence-corrected chi connectivity index (χ4v) is 4.26. The molecule has 0 N–H and O–H groups in total. The molecule has 5 rings (SSSR count). The van der Waals surface area contributed by atoms with Gasteiger partial charge in [0.25, 0.3) is 5.56 Å². The van der Waals surface area contributed by atoms with E-state index < -0.39 is 0 Å². The minimum atomic E-state index is -0.0595. The lowest BCUT2D eigenvalue weighted by atomic mass is 10.2. The minimum absolute atomic E-state index is 0.0595. The van der Waals surface area contributed by atoms with Crippen molar-refractivity contribution in [3.05, 3.63) is 107 Å². The molecule has 2 aromatic heterocycles. The van der Waals surface area contributed by atoms with E-state index in [9.17, 15) is 4.79 Å². The summed E-state index contributed by atoms with van der Waals surface area (Å²) in [6.07, 6.45) is 0. The monoisotopic (exact) mass is 395 g/mol. The zero-order valence-electron chi connectivity index (χ0n) is 15.5. The molecule has 0 saturated carbocycles. The zero-order chi connectivity index (χ0) is 19.6. The summed E-state index contributed by atoms with van der Waals surface area (Å²) in [7, 11) is 0. The van der Waals surface area contributed by atoms with Crippen LogP contribution in [-0.4, -0.2) is 14.5 Å². The molecule has 0 fully saturated rings. The molecule has 4 nitrogen and oxygen atoms in total. The lowest BCUT2D eigenvalue weighted by molar-refractivity contribution is 0.819. The van der Waals surface area contributed by atoms with Crippen LogP contribution in [0.15, 0.2) is 101 Å². The van der Waals surface area contributed by atoms with Gasteiger partial charge >= 0.3 is 0 Å². The normalized spacial score (nSPS) is 11.2. The number of hydrogen-bond acceptors (Lipinski definition) is 4. The fraction of sp³-hybridized carbons (Fsp3) is 0.0417. The predicted octanol–water partition coefficient (Wildman–Crippen LogP) is 5.23. The van der Waals surface area contributed by atoms with Crippen molar-refractivity contribution in [1.29, 1.82) is 0 Å². The number of para-hydroxylation sites is 3. The Hall–Kier alpha value is -3.44. The van der Waals surface area contributed by atoms with Gasteiger partial charge in [0.2, 0.25) is 0 Å². The van der Waals surface area contributed by atoms with Gasteiger partial charge in [-0.1, -0.05) is 66.4 Å². The van der Waals surface area contributed by atoms with Gasteiger partial charge in [0, 0.05) is 11.1 Å². The van der Waals surface area contributed by atoms with E-state index in [-0.39, 0.29) is 5.56 Å². The molecule has 0 saturated heterocycles. The molecular formula is C24H17N3OS. The van der Waals surface area contributed by atoms with Crippen LogP contribution in [0.25, 0.3) is 27.5 Å². The molecule has 3 aromatic carbocycles. The SMILES string of the molecule is O=c1c2ccccc2nc(SCc2ccc3ccccc3n2)n1-c1ccccc1. The highest BCUT2D eigenvalue weighted by molar-refractivity contribution is 7.98. The summed E-state index contributed by atoms with van der Waals surface area (Å²) in [6, 6.07) is 29.3. The third-order valence-corrected chi connectivity index (χ3v) is 5.74. The van der Waals surface area contributed by atoms with Crippen molar-refractivity contribution in [2.24, 2.45) is 0 Å². The van der Waals surface area contributed by atoms with Crippen LogP contribution in [0.1, 0.15) is 5.69 Å². The van der Waals surface area contributed by atoms with E-state index in [1.54, 1.807) is 4.57 Å². The minimum Gasteiger partial charge on any atom is -0.268 e. The van der Waals surface area contributed by atoms with E-state index in [1.807, 2.05) is 78.9 Å². The summed E-state index contributed by atoms with van der Waals surface area (Å²) in [6.45, 7) is 0. The van der Waals surface area contributed by atoms with Gasteiger partial charge in [-0.3, -0.25) is 14.3 Å². The first-order valence-electron chi connectivity index (χ1n) is 9.34. The Labute approximate surface area is 171 Å². The first kappa shape index (κ1) is 17.6. The van der Waals surface area contributed by atoms with Crippen molar-refractivity contribution >= 4 is 33.6 Å². The van der Waals surface area contributed by atoms with E-state index in [1.165, 1.54) is 11.8 Å². The number of benzene rings is 3. The second-order valence-electron chi connectivity index (χ2n) is 6.67. The molecule has 5 heteroatoms. The molecule has 0 aliphatic carbocycles. The maximum absolute atomic E-state index is 13.2. The summed E-state index contributed by atoms with van der Waals surface area (Å²) >= 11 is 1.52. The lowest BCUT2D eigenvalue weighted by Gasteiger charge is -2.13. The maximum atomic E-state index is 13.2. The largest absolute Gasteiger partial charge is 0.268 e. The number of pyridine rings is 1. The molecule has 0 atom stereocenters. The molecule has 2 heterocycles. The van der Waals surface area contributed by atoms with Crippen LogP contribution in [0.5, 0.6) is 0 Å². The number of hydrogen-bond donors (Lipinski definition) is 0. The van der Waals surface area contributed by atoms with Gasteiger partial charge in [-0.2, -0.15) is 0 Å². The summed E-state index contributed by atoms with van der Waals surface area (Å²) < 4.78 is 1.69. The summed E-state index contributed by atoms with van der Waals surface area (Å²) in [5.74, 6) is 0.627. The first-order valence-corrected chi connectivity index (χ1v) is 10.3. The topological polar surface area (TPSA) is 47.8 Å². The van der Waals surface area contributed by atoms with Gasteiger partial charge < -0.3 is 0 Å². The van der Waals surface area contributed by atoms with Gasteiger partial charge in [-0.05, 0) is 36.4 Å². The second-order valence-corrected chi connectivity index (χ2v) is 7.61. The third kappa shape index (κ3) is 3.41. The number of fused-ring (bicyclic) bond motifs is 2. The molecular weight excluding hydrogens is 378 g/mol. The zero-order valence-corrected chi connectivity index (χ0v) is 16.3. The number of nitrogens with zero attached hydrogens (tertiary/aromatic N) is 3. The highest BCUT2D eigenvalue weighted by Crippen LogP contribution is 2.25. The maximum Gasteiger partial charge on any atom is 0.266 e. The van der Waals surface area contributed by atoms with Crippen LogP contribution in [0.2, 0.25) is 0 Å². The molecule has 0 spiro atoms. The van der Waals surface area contributed by atoms with Crippen molar-refractivity contribution < 1.29 is 0 Å². The highest BCUT2D eigenvalue weighted by atomic mass is 32.2. The molecule has 29 heavy (non-hydrogen) atoms. The van der Waals surface area contributed by atoms with Crippen molar-refractivity contribution in [1.82, 2.24) is 14.5 Å². The van der Waals surface area contributed by atoms with Crippen LogP contribution < -0.4 is 5.56 Å². The Morgan fingerprint density at radius 3 is 2.31 bits per heavy atom. The summed E-state index contributed by atoms with van der Waals surface area (Å²) in [5.41, 5.74) is 3.38. The number of aromatic nitrogens is 3. The van der Waals surface area contributed by atoms with E-state index in [4.69, 9.17) is 9.97 Å². The van der Waals surface area contributed by atoms with Gasteiger partial charge in [-0.15, -0.1) is 0 Å². The average Bonchev–Trinajstić information content (AvgIpc) is 2.78. The third-order valence-electron chi connectivity index (χ3n) is 4.76. The molecule has 0 aliphatic heterocycles. The Balaban J connectivity index is 1.58. The molecule has 0 bridgehead atoms. The molecule has 5 aromatic rings. The highest BCUT2D eigenvalue weighted by Gasteiger charge is 2.13. The Kier molecular flexibility index (Phi) is 4.58. The van der Waals surface area contributed by atoms with Crippen molar-refractivity contribution in [2.45, 2.75) is 10.9 Å². The quantitative estimate of drug-likeness (QED) is 0.309. The summed E-state index contributed by atoms with van der Waals surface area (Å²) in [4.78, 5) is 22.8. The van der Waals surface area contributed by atoms with Crippen molar-refractivity contribution in [3.63, 3.8) is 0 Å². The van der Waals surface area contributed by atoms with E-state index >= 15 is 0 Å². The van der Waals surface area contributed by atoms with Crippen LogP contribution >= 0.6 is 11.8 Å². The predicted molar refractivity (Wildman–Crippen MR) is 119 cm³/mol. The second kappa shape index (κ2) is 7.53. The number of rotatable bonds is 4.